The van der Waals surface area contributed by atoms with E-state index in [1.807, 2.05) is 54.8 Å². The number of methoxy groups -OCH3 is 1. The van der Waals surface area contributed by atoms with Crippen LogP contribution in [0.1, 0.15) is 31.9 Å². The number of ether oxygens (including phenoxy) is 2. The summed E-state index contributed by atoms with van der Waals surface area (Å²) < 4.78 is 10.9. The fraction of sp³-hybridized carbons (Fsp3) is 0.250. The van der Waals surface area contributed by atoms with Crippen LogP contribution in [0.2, 0.25) is 5.02 Å². The summed E-state index contributed by atoms with van der Waals surface area (Å²) in [6, 6.07) is 14.5. The van der Waals surface area contributed by atoms with Crippen LogP contribution in [0.4, 0.5) is 0 Å². The Morgan fingerprint density at radius 1 is 1.16 bits per heavy atom. The number of benzene rings is 2. The van der Waals surface area contributed by atoms with Gasteiger partial charge in [-0.1, -0.05) is 35.9 Å². The third-order valence-corrected chi connectivity index (χ3v) is 6.58. The Hall–Kier alpha value is -2.83. The highest BCUT2D eigenvalue weighted by molar-refractivity contribution is 7.12. The number of amides is 1. The van der Waals surface area contributed by atoms with E-state index in [0.29, 0.717) is 29.5 Å². The van der Waals surface area contributed by atoms with Gasteiger partial charge in [0.25, 0.3) is 5.91 Å². The molecule has 0 spiro atoms. The zero-order valence-corrected chi connectivity index (χ0v) is 18.8. The van der Waals surface area contributed by atoms with Crippen LogP contribution in [0.15, 0.2) is 53.9 Å². The highest BCUT2D eigenvalue weighted by atomic mass is 35.5. The molecule has 3 aromatic rings. The summed E-state index contributed by atoms with van der Waals surface area (Å²) in [5.41, 5.74) is 3.97. The van der Waals surface area contributed by atoms with Crippen LogP contribution in [0.5, 0.6) is 5.75 Å². The number of hydrogen-bond acceptors (Lipinski definition) is 5. The molecule has 31 heavy (non-hydrogen) atoms. The SMILES string of the molecule is COC(=O)C1Cc2ccccc2CN1C(=O)c1cc(COc2ccc(Cl)cc2C)cs1. The average Bonchev–Trinajstić information content (AvgIpc) is 3.25. The van der Waals surface area contributed by atoms with Crippen molar-refractivity contribution in [1.82, 2.24) is 4.90 Å². The van der Waals surface area contributed by atoms with E-state index in [-0.39, 0.29) is 5.91 Å². The molecule has 1 aliphatic heterocycles. The van der Waals surface area contributed by atoms with Crippen LogP contribution in [0.3, 0.4) is 0 Å². The maximum absolute atomic E-state index is 13.3. The molecule has 0 radical (unpaired) electrons. The second-order valence-corrected chi connectivity index (χ2v) is 8.81. The molecule has 7 heteroatoms. The summed E-state index contributed by atoms with van der Waals surface area (Å²) in [7, 11) is 1.35. The maximum Gasteiger partial charge on any atom is 0.328 e. The lowest BCUT2D eigenvalue weighted by atomic mass is 9.93. The number of aryl methyl sites for hydroxylation is 1. The lowest BCUT2D eigenvalue weighted by molar-refractivity contribution is -0.146. The molecular weight excluding hydrogens is 434 g/mol. The number of carbonyl (C=O) groups excluding carboxylic acids is 2. The van der Waals surface area contributed by atoms with Gasteiger partial charge in [0, 0.05) is 23.6 Å². The van der Waals surface area contributed by atoms with E-state index in [9.17, 15) is 9.59 Å². The molecule has 1 atom stereocenters. The molecule has 2 heterocycles. The smallest absolute Gasteiger partial charge is 0.328 e. The number of thiophene rings is 1. The van der Waals surface area contributed by atoms with E-state index in [2.05, 4.69) is 0 Å². The first-order valence-corrected chi connectivity index (χ1v) is 11.1. The minimum atomic E-state index is -0.633. The summed E-state index contributed by atoms with van der Waals surface area (Å²) in [4.78, 5) is 27.9. The number of nitrogens with zero attached hydrogens (tertiary/aromatic N) is 1. The van der Waals surface area contributed by atoms with Crippen LogP contribution in [0, 0.1) is 6.92 Å². The number of hydrogen-bond donors (Lipinski definition) is 0. The van der Waals surface area contributed by atoms with Crippen LogP contribution >= 0.6 is 22.9 Å². The van der Waals surface area contributed by atoms with Crippen molar-refractivity contribution in [1.29, 1.82) is 0 Å². The lowest BCUT2D eigenvalue weighted by Gasteiger charge is -2.34. The summed E-state index contributed by atoms with van der Waals surface area (Å²) >= 11 is 7.34. The van der Waals surface area contributed by atoms with Crippen molar-refractivity contribution in [2.75, 3.05) is 7.11 Å². The van der Waals surface area contributed by atoms with E-state index in [0.717, 1.165) is 28.0 Å². The van der Waals surface area contributed by atoms with Gasteiger partial charge in [0.15, 0.2) is 0 Å². The number of esters is 1. The van der Waals surface area contributed by atoms with Crippen molar-refractivity contribution in [3.8, 4) is 5.75 Å². The topological polar surface area (TPSA) is 55.8 Å². The highest BCUT2D eigenvalue weighted by Crippen LogP contribution is 2.28. The third-order valence-electron chi connectivity index (χ3n) is 5.38. The monoisotopic (exact) mass is 455 g/mol. The van der Waals surface area contributed by atoms with Crippen LogP contribution in [-0.2, 0) is 29.1 Å². The average molecular weight is 456 g/mol. The summed E-state index contributed by atoms with van der Waals surface area (Å²) in [6.45, 7) is 2.66. The first-order chi connectivity index (χ1) is 15.0. The molecule has 0 bridgehead atoms. The Balaban J connectivity index is 1.51. The molecule has 1 aliphatic rings. The third kappa shape index (κ3) is 4.60. The highest BCUT2D eigenvalue weighted by Gasteiger charge is 2.36. The minimum Gasteiger partial charge on any atom is -0.489 e. The van der Waals surface area contributed by atoms with Crippen LogP contribution in [-0.4, -0.2) is 29.9 Å². The van der Waals surface area contributed by atoms with E-state index in [1.165, 1.54) is 18.4 Å². The minimum absolute atomic E-state index is 0.177. The number of carbonyl (C=O) groups is 2. The Morgan fingerprint density at radius 3 is 2.68 bits per heavy atom. The van der Waals surface area contributed by atoms with Gasteiger partial charge in [-0.05, 0) is 53.3 Å². The predicted octanol–water partition coefficient (Wildman–Crippen LogP) is 5.03. The normalized spacial score (nSPS) is 15.3. The van der Waals surface area contributed by atoms with Crippen molar-refractivity contribution < 1.29 is 19.1 Å². The van der Waals surface area contributed by atoms with Gasteiger partial charge in [0.2, 0.25) is 0 Å². The van der Waals surface area contributed by atoms with Gasteiger partial charge >= 0.3 is 5.97 Å². The molecule has 1 amide bonds. The maximum atomic E-state index is 13.3. The summed E-state index contributed by atoms with van der Waals surface area (Å²) in [5, 5.41) is 2.57. The zero-order valence-electron chi connectivity index (χ0n) is 17.3. The van der Waals surface area contributed by atoms with Crippen molar-refractivity contribution in [3.63, 3.8) is 0 Å². The molecule has 5 nitrogen and oxygen atoms in total. The van der Waals surface area contributed by atoms with Gasteiger partial charge < -0.3 is 14.4 Å². The van der Waals surface area contributed by atoms with Crippen molar-refractivity contribution in [3.05, 3.63) is 86.1 Å². The van der Waals surface area contributed by atoms with Crippen molar-refractivity contribution >= 4 is 34.8 Å². The predicted molar refractivity (Wildman–Crippen MR) is 121 cm³/mol. The molecule has 1 unspecified atom stereocenters. The second kappa shape index (κ2) is 9.12. The Kier molecular flexibility index (Phi) is 6.30. The molecule has 1 aromatic heterocycles. The molecule has 4 rings (SSSR count). The molecular formula is C24H22ClNO4S. The molecule has 0 fully saturated rings. The number of rotatable bonds is 5. The number of fused-ring (bicyclic) bond motifs is 1. The first-order valence-electron chi connectivity index (χ1n) is 9.88. The van der Waals surface area contributed by atoms with Gasteiger partial charge in [0.1, 0.15) is 18.4 Å². The fourth-order valence-corrected chi connectivity index (χ4v) is 4.80. The van der Waals surface area contributed by atoms with Gasteiger partial charge in [-0.15, -0.1) is 11.3 Å². The van der Waals surface area contributed by atoms with E-state index < -0.39 is 12.0 Å². The largest absolute Gasteiger partial charge is 0.489 e. The van der Waals surface area contributed by atoms with Crippen LogP contribution in [0.25, 0.3) is 0 Å². The van der Waals surface area contributed by atoms with Crippen molar-refractivity contribution in [2.24, 2.45) is 0 Å². The van der Waals surface area contributed by atoms with Gasteiger partial charge in [-0.2, -0.15) is 0 Å². The lowest BCUT2D eigenvalue weighted by Crippen LogP contribution is -2.49. The first kappa shape index (κ1) is 21.4. The van der Waals surface area contributed by atoms with E-state index in [4.69, 9.17) is 21.1 Å². The Morgan fingerprint density at radius 2 is 1.94 bits per heavy atom. The summed E-state index contributed by atoms with van der Waals surface area (Å²) in [6.07, 6.45) is 0.450. The van der Waals surface area contributed by atoms with E-state index >= 15 is 0 Å². The zero-order chi connectivity index (χ0) is 22.0. The van der Waals surface area contributed by atoms with Gasteiger partial charge in [-0.25, -0.2) is 4.79 Å². The Labute approximate surface area is 190 Å². The molecule has 0 N–H and O–H groups in total. The molecule has 0 aliphatic carbocycles. The molecule has 2 aromatic carbocycles. The molecule has 160 valence electrons. The quantitative estimate of drug-likeness (QED) is 0.506. The van der Waals surface area contributed by atoms with E-state index in [1.54, 1.807) is 11.0 Å². The Bertz CT molecular complexity index is 1130. The van der Waals surface area contributed by atoms with Gasteiger partial charge in [-0.3, -0.25) is 4.79 Å². The standard InChI is InChI=1S/C24H22ClNO4S/c1-15-9-19(25)7-8-21(15)30-13-16-10-22(31-14-16)23(27)26-12-18-6-4-3-5-17(18)11-20(26)24(28)29-2/h3-10,14,20H,11-13H2,1-2H3. The molecule has 0 saturated heterocycles. The van der Waals surface area contributed by atoms with Crippen LogP contribution < -0.4 is 4.74 Å². The summed E-state index contributed by atoms with van der Waals surface area (Å²) in [5.74, 6) is 0.173. The van der Waals surface area contributed by atoms with Gasteiger partial charge in [0.05, 0.1) is 12.0 Å². The second-order valence-electron chi connectivity index (χ2n) is 7.46. The number of halogens is 1. The van der Waals surface area contributed by atoms with Crippen molar-refractivity contribution in [2.45, 2.75) is 32.5 Å². The molecule has 0 saturated carbocycles. The fourth-order valence-electron chi connectivity index (χ4n) is 3.72.